The van der Waals surface area contributed by atoms with Crippen molar-refractivity contribution in [3.8, 4) is 0 Å². The van der Waals surface area contributed by atoms with Crippen LogP contribution in [0.1, 0.15) is 26.7 Å². The average molecular weight is 159 g/mol. The van der Waals surface area contributed by atoms with Gasteiger partial charge in [0.2, 0.25) is 0 Å². The Hall–Kier alpha value is 0.310. The molecule has 0 bridgehead atoms. The minimum atomic E-state index is 0.362. The molecule has 1 nitrogen and oxygen atoms in total. The molecule has 60 valence electrons. The Balaban J connectivity index is 2.45. The summed E-state index contributed by atoms with van der Waals surface area (Å²) in [4.78, 5) is 0. The van der Waals surface area contributed by atoms with Crippen LogP contribution in [0.25, 0.3) is 0 Å². The van der Waals surface area contributed by atoms with Crippen LogP contribution in [-0.2, 0) is 0 Å². The van der Waals surface area contributed by atoms with Crippen LogP contribution in [0.3, 0.4) is 0 Å². The summed E-state index contributed by atoms with van der Waals surface area (Å²) < 4.78 is 0. The molecule has 1 atom stereocenters. The maximum atomic E-state index is 5.67. The molecule has 1 heterocycles. The molecular formula is C8H17NS. The Bertz CT molecular complexity index is 106. The van der Waals surface area contributed by atoms with Gasteiger partial charge in [0, 0.05) is 5.25 Å². The third-order valence-electron chi connectivity index (χ3n) is 2.33. The lowest BCUT2D eigenvalue weighted by Crippen LogP contribution is -2.32. The van der Waals surface area contributed by atoms with Crippen molar-refractivity contribution < 1.29 is 0 Å². The summed E-state index contributed by atoms with van der Waals surface area (Å²) in [6.07, 6.45) is 2.76. The predicted molar refractivity (Wildman–Crippen MR) is 48.3 cm³/mol. The van der Waals surface area contributed by atoms with Gasteiger partial charge in [0.05, 0.1) is 0 Å². The Kier molecular flexibility index (Phi) is 2.64. The molecule has 1 unspecified atom stereocenters. The molecule has 0 radical (unpaired) electrons. The van der Waals surface area contributed by atoms with Crippen LogP contribution in [0.15, 0.2) is 0 Å². The van der Waals surface area contributed by atoms with E-state index in [-0.39, 0.29) is 0 Å². The van der Waals surface area contributed by atoms with E-state index >= 15 is 0 Å². The number of hydrogen-bond donors (Lipinski definition) is 1. The number of nitrogens with two attached hydrogens (primary N) is 1. The molecule has 10 heavy (non-hydrogen) atoms. The predicted octanol–water partition coefficient (Wildman–Crippen LogP) is 1.87. The summed E-state index contributed by atoms with van der Waals surface area (Å²) in [6.45, 7) is 5.37. The fourth-order valence-corrected chi connectivity index (χ4v) is 2.82. The van der Waals surface area contributed by atoms with Crippen molar-refractivity contribution in [3.05, 3.63) is 0 Å². The first kappa shape index (κ1) is 8.41. The van der Waals surface area contributed by atoms with E-state index in [2.05, 4.69) is 25.6 Å². The molecule has 1 fully saturated rings. The Morgan fingerprint density at radius 2 is 2.30 bits per heavy atom. The second-order valence-corrected chi connectivity index (χ2v) is 5.00. The molecule has 0 aliphatic carbocycles. The zero-order valence-corrected chi connectivity index (χ0v) is 7.71. The van der Waals surface area contributed by atoms with Crippen LogP contribution in [-0.4, -0.2) is 17.5 Å². The highest BCUT2D eigenvalue weighted by molar-refractivity contribution is 8.00. The van der Waals surface area contributed by atoms with Crippen molar-refractivity contribution in [1.82, 2.24) is 0 Å². The van der Waals surface area contributed by atoms with Gasteiger partial charge in [0.15, 0.2) is 0 Å². The lowest BCUT2D eigenvalue weighted by Gasteiger charge is -2.28. The lowest BCUT2D eigenvalue weighted by molar-refractivity contribution is 0.356. The van der Waals surface area contributed by atoms with Crippen LogP contribution in [0.2, 0.25) is 0 Å². The summed E-state index contributed by atoms with van der Waals surface area (Å²) in [5.74, 6) is 1.34. The molecule has 0 amide bonds. The molecule has 0 aromatic rings. The molecule has 1 aliphatic rings. The maximum Gasteiger partial charge on any atom is 0.0111 e. The van der Waals surface area contributed by atoms with Gasteiger partial charge in [-0.25, -0.2) is 0 Å². The van der Waals surface area contributed by atoms with Gasteiger partial charge in [-0.05, 0) is 30.6 Å². The van der Waals surface area contributed by atoms with Gasteiger partial charge in [-0.1, -0.05) is 13.8 Å². The molecule has 2 heteroatoms. The van der Waals surface area contributed by atoms with Crippen LogP contribution in [0, 0.1) is 5.41 Å². The summed E-state index contributed by atoms with van der Waals surface area (Å²) >= 11 is 2.09. The highest BCUT2D eigenvalue weighted by Gasteiger charge is 2.30. The van der Waals surface area contributed by atoms with Gasteiger partial charge in [-0.2, -0.15) is 11.8 Å². The highest BCUT2D eigenvalue weighted by atomic mass is 32.2. The lowest BCUT2D eigenvalue weighted by atomic mass is 9.87. The van der Waals surface area contributed by atoms with Crippen molar-refractivity contribution in [2.45, 2.75) is 31.9 Å². The maximum absolute atomic E-state index is 5.67. The highest BCUT2D eigenvalue weighted by Crippen LogP contribution is 2.38. The van der Waals surface area contributed by atoms with E-state index in [0.717, 1.165) is 11.8 Å². The molecule has 0 spiro atoms. The monoisotopic (exact) mass is 159 g/mol. The van der Waals surface area contributed by atoms with Crippen LogP contribution >= 0.6 is 11.8 Å². The Morgan fingerprint density at radius 3 is 2.70 bits per heavy atom. The third-order valence-corrected chi connectivity index (χ3v) is 4.13. The van der Waals surface area contributed by atoms with Crippen molar-refractivity contribution >= 4 is 11.8 Å². The summed E-state index contributed by atoms with van der Waals surface area (Å²) in [5.41, 5.74) is 6.04. The second kappa shape index (κ2) is 3.14. The summed E-state index contributed by atoms with van der Waals surface area (Å²) in [5, 5.41) is 0.817. The first-order valence-corrected chi connectivity index (χ1v) is 5.03. The zero-order valence-electron chi connectivity index (χ0n) is 6.89. The van der Waals surface area contributed by atoms with E-state index in [9.17, 15) is 0 Å². The number of hydrogen-bond acceptors (Lipinski definition) is 2. The van der Waals surface area contributed by atoms with Crippen molar-refractivity contribution in [1.29, 1.82) is 0 Å². The molecular weight excluding hydrogens is 142 g/mol. The number of thioether (sulfide) groups is 1. The van der Waals surface area contributed by atoms with Crippen LogP contribution in [0.4, 0.5) is 0 Å². The van der Waals surface area contributed by atoms with E-state index in [1.165, 1.54) is 18.6 Å². The van der Waals surface area contributed by atoms with Crippen LogP contribution < -0.4 is 5.73 Å². The van der Waals surface area contributed by atoms with Crippen molar-refractivity contribution in [3.63, 3.8) is 0 Å². The normalized spacial score (nSPS) is 27.3. The fraction of sp³-hybridized carbons (Fsp3) is 1.00. The van der Waals surface area contributed by atoms with E-state index in [0.29, 0.717) is 5.41 Å². The van der Waals surface area contributed by atoms with Gasteiger partial charge in [-0.3, -0.25) is 0 Å². The number of rotatable bonds is 2. The van der Waals surface area contributed by atoms with Gasteiger partial charge in [0.1, 0.15) is 0 Å². The minimum Gasteiger partial charge on any atom is -0.330 e. The molecule has 0 aromatic carbocycles. The summed E-state index contributed by atoms with van der Waals surface area (Å²) in [7, 11) is 0. The molecule has 2 N–H and O–H groups in total. The van der Waals surface area contributed by atoms with Crippen LogP contribution in [0.5, 0.6) is 0 Å². The minimum absolute atomic E-state index is 0.362. The third kappa shape index (κ3) is 1.67. The summed E-state index contributed by atoms with van der Waals surface area (Å²) in [6, 6.07) is 0. The molecule has 0 aromatic heterocycles. The van der Waals surface area contributed by atoms with Gasteiger partial charge < -0.3 is 5.73 Å². The van der Waals surface area contributed by atoms with Gasteiger partial charge in [0.25, 0.3) is 0 Å². The Labute approximate surface area is 67.8 Å². The Morgan fingerprint density at radius 1 is 1.60 bits per heavy atom. The van der Waals surface area contributed by atoms with E-state index < -0.39 is 0 Å². The standard InChI is InChI=1S/C8H17NS/c1-8(2,6-9)7-4-3-5-10-7/h7H,3-6,9H2,1-2H3. The van der Waals surface area contributed by atoms with Crippen molar-refractivity contribution in [2.75, 3.05) is 12.3 Å². The SMILES string of the molecule is CC(C)(CN)C1CCCS1. The topological polar surface area (TPSA) is 26.0 Å². The van der Waals surface area contributed by atoms with E-state index in [1.54, 1.807) is 0 Å². The average Bonchev–Trinajstić information content (AvgIpc) is 2.38. The smallest absolute Gasteiger partial charge is 0.0111 e. The van der Waals surface area contributed by atoms with E-state index in [1.807, 2.05) is 0 Å². The van der Waals surface area contributed by atoms with Gasteiger partial charge in [-0.15, -0.1) is 0 Å². The quantitative estimate of drug-likeness (QED) is 0.665. The largest absolute Gasteiger partial charge is 0.330 e. The first-order chi connectivity index (χ1) is 4.67. The molecule has 0 saturated carbocycles. The zero-order chi connectivity index (χ0) is 7.61. The molecule has 1 saturated heterocycles. The van der Waals surface area contributed by atoms with E-state index in [4.69, 9.17) is 5.73 Å². The molecule has 1 aliphatic heterocycles. The molecule has 1 rings (SSSR count). The fourth-order valence-electron chi connectivity index (χ4n) is 1.33. The second-order valence-electron chi connectivity index (χ2n) is 3.69. The van der Waals surface area contributed by atoms with Crippen molar-refractivity contribution in [2.24, 2.45) is 11.1 Å². The van der Waals surface area contributed by atoms with Gasteiger partial charge >= 0.3 is 0 Å². The first-order valence-electron chi connectivity index (χ1n) is 3.98.